The van der Waals surface area contributed by atoms with Gasteiger partial charge < -0.3 is 10.5 Å². The fraction of sp³-hybridized carbons (Fsp3) is 0.500. The summed E-state index contributed by atoms with van der Waals surface area (Å²) in [5, 5.41) is 0. The van der Waals surface area contributed by atoms with Gasteiger partial charge in [0.05, 0.1) is 7.11 Å². The molecular formula is C12H20N2O3S2. The van der Waals surface area contributed by atoms with Crippen molar-refractivity contribution in [3.05, 3.63) is 18.2 Å². The Morgan fingerprint density at radius 3 is 2.74 bits per heavy atom. The molecule has 3 N–H and O–H groups in total. The van der Waals surface area contributed by atoms with Gasteiger partial charge in [-0.2, -0.15) is 11.8 Å². The molecule has 0 aliphatic rings. The third-order valence-electron chi connectivity index (χ3n) is 2.59. The molecule has 0 amide bonds. The van der Waals surface area contributed by atoms with Gasteiger partial charge in [-0.25, -0.2) is 13.1 Å². The Morgan fingerprint density at radius 1 is 1.47 bits per heavy atom. The maximum Gasteiger partial charge on any atom is 0.244 e. The summed E-state index contributed by atoms with van der Waals surface area (Å²) in [5.74, 6) is 1.19. The van der Waals surface area contributed by atoms with Crippen LogP contribution in [-0.2, 0) is 10.0 Å². The van der Waals surface area contributed by atoms with E-state index in [1.54, 1.807) is 23.9 Å². The fourth-order valence-corrected chi connectivity index (χ4v) is 3.66. The number of hydrogen-bond donors (Lipinski definition) is 2. The summed E-state index contributed by atoms with van der Waals surface area (Å²) in [4.78, 5) is 0.0750. The molecule has 0 heterocycles. The van der Waals surface area contributed by atoms with Gasteiger partial charge in [-0.1, -0.05) is 0 Å². The van der Waals surface area contributed by atoms with E-state index in [0.29, 0.717) is 11.4 Å². The summed E-state index contributed by atoms with van der Waals surface area (Å²) < 4.78 is 32.3. The van der Waals surface area contributed by atoms with Crippen LogP contribution in [0.5, 0.6) is 5.75 Å². The van der Waals surface area contributed by atoms with Crippen LogP contribution in [0.2, 0.25) is 0 Å². The van der Waals surface area contributed by atoms with Gasteiger partial charge in [-0.15, -0.1) is 0 Å². The average molecular weight is 304 g/mol. The standard InChI is InChI=1S/C12H20N2O3S2/c1-9(6-7-18-3)14-19(15,16)12-8-10(13)4-5-11(12)17-2/h4-5,8-9,14H,6-7,13H2,1-3H3. The SMILES string of the molecule is COc1ccc(N)cc1S(=O)(=O)NC(C)CCSC. The molecule has 108 valence electrons. The van der Waals surface area contributed by atoms with Gasteiger partial charge in [-0.3, -0.25) is 0 Å². The summed E-state index contributed by atoms with van der Waals surface area (Å²) >= 11 is 1.68. The minimum absolute atomic E-state index is 0.0750. The number of nitrogens with one attached hydrogen (secondary N) is 1. The minimum atomic E-state index is -3.62. The number of nitrogens with two attached hydrogens (primary N) is 1. The molecular weight excluding hydrogens is 284 g/mol. The van der Waals surface area contributed by atoms with Gasteiger partial charge in [0.25, 0.3) is 0 Å². The Labute approximate surface area is 119 Å². The minimum Gasteiger partial charge on any atom is -0.495 e. The van der Waals surface area contributed by atoms with Crippen LogP contribution in [0.25, 0.3) is 0 Å². The molecule has 1 unspecified atom stereocenters. The third-order valence-corrected chi connectivity index (χ3v) is 4.84. The van der Waals surface area contributed by atoms with Crippen LogP contribution in [-0.4, -0.2) is 33.6 Å². The van der Waals surface area contributed by atoms with Crippen LogP contribution < -0.4 is 15.2 Å². The maximum absolute atomic E-state index is 12.3. The van der Waals surface area contributed by atoms with Crippen LogP contribution >= 0.6 is 11.8 Å². The molecule has 0 radical (unpaired) electrons. The van der Waals surface area contributed by atoms with Crippen molar-refractivity contribution in [3.8, 4) is 5.75 Å². The zero-order valence-electron chi connectivity index (χ0n) is 11.3. The number of sulfonamides is 1. The lowest BCUT2D eigenvalue weighted by atomic mass is 10.3. The average Bonchev–Trinajstić information content (AvgIpc) is 2.35. The first-order valence-electron chi connectivity index (χ1n) is 5.85. The molecule has 1 aromatic carbocycles. The summed E-state index contributed by atoms with van der Waals surface area (Å²) in [6.45, 7) is 1.84. The molecule has 0 fully saturated rings. The molecule has 1 aromatic rings. The highest BCUT2D eigenvalue weighted by molar-refractivity contribution is 7.98. The van der Waals surface area contributed by atoms with Gasteiger partial charge in [0.2, 0.25) is 10.0 Å². The predicted molar refractivity (Wildman–Crippen MR) is 80.2 cm³/mol. The van der Waals surface area contributed by atoms with Crippen molar-refractivity contribution in [2.75, 3.05) is 24.9 Å². The summed E-state index contributed by atoms with van der Waals surface area (Å²) in [5.41, 5.74) is 6.03. The van der Waals surface area contributed by atoms with E-state index in [4.69, 9.17) is 10.5 Å². The summed E-state index contributed by atoms with van der Waals surface area (Å²) in [6.07, 6.45) is 2.76. The van der Waals surface area contributed by atoms with Crippen molar-refractivity contribution in [2.24, 2.45) is 0 Å². The van der Waals surface area contributed by atoms with Crippen LogP contribution in [0.1, 0.15) is 13.3 Å². The fourth-order valence-electron chi connectivity index (χ4n) is 1.59. The summed E-state index contributed by atoms with van der Waals surface area (Å²) in [6, 6.07) is 4.43. The van der Waals surface area contributed by atoms with Crippen LogP contribution in [0, 0.1) is 0 Å². The smallest absolute Gasteiger partial charge is 0.244 e. The third kappa shape index (κ3) is 4.59. The van der Waals surface area contributed by atoms with Crippen LogP contribution in [0.15, 0.2) is 23.1 Å². The molecule has 0 aliphatic heterocycles. The molecule has 1 atom stereocenters. The monoisotopic (exact) mass is 304 g/mol. The second-order valence-electron chi connectivity index (χ2n) is 4.21. The number of benzene rings is 1. The van der Waals surface area contributed by atoms with E-state index in [1.807, 2.05) is 13.2 Å². The number of thioether (sulfide) groups is 1. The molecule has 5 nitrogen and oxygen atoms in total. The molecule has 7 heteroatoms. The highest BCUT2D eigenvalue weighted by Gasteiger charge is 2.21. The van der Waals surface area contributed by atoms with E-state index in [1.165, 1.54) is 13.2 Å². The van der Waals surface area contributed by atoms with Crippen molar-refractivity contribution in [1.82, 2.24) is 4.72 Å². The van der Waals surface area contributed by atoms with Crippen molar-refractivity contribution in [2.45, 2.75) is 24.3 Å². The Balaban J connectivity index is 2.96. The van der Waals surface area contributed by atoms with Gasteiger partial charge in [0, 0.05) is 11.7 Å². The van der Waals surface area contributed by atoms with E-state index in [-0.39, 0.29) is 10.9 Å². The first-order chi connectivity index (χ1) is 8.90. The Hall–Kier alpha value is -0.920. The first kappa shape index (κ1) is 16.1. The number of methoxy groups -OCH3 is 1. The van der Waals surface area contributed by atoms with Crippen molar-refractivity contribution in [1.29, 1.82) is 0 Å². The molecule has 0 bridgehead atoms. The van der Waals surface area contributed by atoms with E-state index >= 15 is 0 Å². The number of anilines is 1. The molecule has 0 saturated heterocycles. The van der Waals surface area contributed by atoms with E-state index in [9.17, 15) is 8.42 Å². The molecule has 1 rings (SSSR count). The second kappa shape index (κ2) is 7.02. The number of rotatable bonds is 7. The van der Waals surface area contributed by atoms with Gasteiger partial charge >= 0.3 is 0 Å². The lowest BCUT2D eigenvalue weighted by molar-refractivity contribution is 0.402. The van der Waals surface area contributed by atoms with E-state index in [0.717, 1.165) is 12.2 Å². The highest BCUT2D eigenvalue weighted by Crippen LogP contribution is 2.26. The topological polar surface area (TPSA) is 81.4 Å². The first-order valence-corrected chi connectivity index (χ1v) is 8.73. The predicted octanol–water partition coefficient (Wildman–Crippen LogP) is 1.70. The molecule has 0 aliphatic carbocycles. The van der Waals surface area contributed by atoms with Crippen LogP contribution in [0.4, 0.5) is 5.69 Å². The maximum atomic E-state index is 12.3. The quantitative estimate of drug-likeness (QED) is 0.749. The Bertz CT molecular complexity index is 518. The van der Waals surface area contributed by atoms with Gasteiger partial charge in [0.1, 0.15) is 10.6 Å². The zero-order valence-corrected chi connectivity index (χ0v) is 13.0. The van der Waals surface area contributed by atoms with Crippen molar-refractivity contribution >= 4 is 27.5 Å². The zero-order chi connectivity index (χ0) is 14.5. The van der Waals surface area contributed by atoms with E-state index in [2.05, 4.69) is 4.72 Å². The van der Waals surface area contributed by atoms with Gasteiger partial charge in [-0.05, 0) is 43.6 Å². The molecule has 0 saturated carbocycles. The number of nitrogen functional groups attached to an aromatic ring is 1. The molecule has 0 spiro atoms. The largest absolute Gasteiger partial charge is 0.495 e. The van der Waals surface area contributed by atoms with Crippen molar-refractivity contribution in [3.63, 3.8) is 0 Å². The molecule has 19 heavy (non-hydrogen) atoms. The normalized spacial score (nSPS) is 13.2. The van der Waals surface area contributed by atoms with Crippen molar-refractivity contribution < 1.29 is 13.2 Å². The lowest BCUT2D eigenvalue weighted by Crippen LogP contribution is -2.33. The second-order valence-corrected chi connectivity index (χ2v) is 6.88. The Kier molecular flexibility index (Phi) is 5.96. The van der Waals surface area contributed by atoms with E-state index < -0.39 is 10.0 Å². The lowest BCUT2D eigenvalue weighted by Gasteiger charge is -2.15. The van der Waals surface area contributed by atoms with Crippen LogP contribution in [0.3, 0.4) is 0 Å². The molecule has 0 aromatic heterocycles. The number of hydrogen-bond acceptors (Lipinski definition) is 5. The number of ether oxygens (including phenoxy) is 1. The van der Waals surface area contributed by atoms with Gasteiger partial charge in [0.15, 0.2) is 0 Å². The summed E-state index contributed by atoms with van der Waals surface area (Å²) in [7, 11) is -2.19. The highest BCUT2D eigenvalue weighted by atomic mass is 32.2. The Morgan fingerprint density at radius 2 is 2.16 bits per heavy atom.